The van der Waals surface area contributed by atoms with Crippen LogP contribution in [-0.4, -0.2) is 38.1 Å². The van der Waals surface area contributed by atoms with Crippen molar-refractivity contribution in [3.05, 3.63) is 47.7 Å². The van der Waals surface area contributed by atoms with Crippen molar-refractivity contribution < 1.29 is 19.2 Å². The van der Waals surface area contributed by atoms with Gasteiger partial charge in [-0.15, -0.1) is 0 Å². The molecule has 2 aromatic heterocycles. The van der Waals surface area contributed by atoms with Crippen molar-refractivity contribution >= 4 is 22.8 Å². The summed E-state index contributed by atoms with van der Waals surface area (Å²) in [5.74, 6) is -0.345. The standard InChI is InChI=1S/C18H20N4O4/c1-11-20-17(26-22-11)8-4-7-16(23)21-15(18(24)25)9-12-10-19-14-6-3-2-5-13(12)14/h2-3,5-6,10,15,19H,4,7-9H2,1H3,(H,21,23)(H,24,25). The van der Waals surface area contributed by atoms with Gasteiger partial charge in [-0.1, -0.05) is 23.4 Å². The maximum atomic E-state index is 12.1. The summed E-state index contributed by atoms with van der Waals surface area (Å²) in [5.41, 5.74) is 1.79. The van der Waals surface area contributed by atoms with E-state index in [1.807, 2.05) is 24.3 Å². The Hall–Kier alpha value is -3.16. The SMILES string of the molecule is Cc1noc(CCCC(=O)NC(Cc2c[nH]c3ccccc23)C(=O)O)n1. The van der Waals surface area contributed by atoms with Crippen LogP contribution in [0.4, 0.5) is 0 Å². The van der Waals surface area contributed by atoms with Crippen molar-refractivity contribution in [3.8, 4) is 0 Å². The first-order valence-corrected chi connectivity index (χ1v) is 8.39. The lowest BCUT2D eigenvalue weighted by atomic mass is 10.0. The molecule has 1 atom stereocenters. The van der Waals surface area contributed by atoms with Crippen LogP contribution in [0.25, 0.3) is 10.9 Å². The fraction of sp³-hybridized carbons (Fsp3) is 0.333. The Morgan fingerprint density at radius 3 is 2.88 bits per heavy atom. The number of para-hydroxylation sites is 1. The fourth-order valence-corrected chi connectivity index (χ4v) is 2.83. The maximum Gasteiger partial charge on any atom is 0.326 e. The number of carboxylic acid groups (broad SMARTS) is 1. The first-order chi connectivity index (χ1) is 12.5. The van der Waals surface area contributed by atoms with E-state index in [0.717, 1.165) is 16.5 Å². The van der Waals surface area contributed by atoms with Crippen LogP contribution >= 0.6 is 0 Å². The number of aryl methyl sites for hydroxylation is 2. The largest absolute Gasteiger partial charge is 0.480 e. The van der Waals surface area contributed by atoms with Crippen LogP contribution in [0.15, 0.2) is 35.0 Å². The van der Waals surface area contributed by atoms with Crippen LogP contribution < -0.4 is 5.32 Å². The van der Waals surface area contributed by atoms with Gasteiger partial charge in [-0.2, -0.15) is 4.98 Å². The third kappa shape index (κ3) is 4.27. The van der Waals surface area contributed by atoms with Crippen molar-refractivity contribution in [2.24, 2.45) is 0 Å². The summed E-state index contributed by atoms with van der Waals surface area (Å²) in [5, 5.41) is 16.7. The molecule has 0 radical (unpaired) electrons. The minimum absolute atomic E-state index is 0.194. The summed E-state index contributed by atoms with van der Waals surface area (Å²) < 4.78 is 4.99. The van der Waals surface area contributed by atoms with Gasteiger partial charge in [-0.3, -0.25) is 4.79 Å². The molecule has 0 saturated carbocycles. The molecule has 1 aromatic carbocycles. The Morgan fingerprint density at radius 1 is 1.35 bits per heavy atom. The maximum absolute atomic E-state index is 12.1. The molecule has 1 amide bonds. The lowest BCUT2D eigenvalue weighted by molar-refractivity contribution is -0.141. The van der Waals surface area contributed by atoms with E-state index in [2.05, 4.69) is 20.4 Å². The van der Waals surface area contributed by atoms with E-state index in [-0.39, 0.29) is 18.7 Å². The highest BCUT2D eigenvalue weighted by atomic mass is 16.5. The predicted octanol–water partition coefficient (Wildman–Crippen LogP) is 1.99. The second kappa shape index (κ2) is 7.81. The van der Waals surface area contributed by atoms with Gasteiger partial charge in [-0.05, 0) is 25.0 Å². The fourth-order valence-electron chi connectivity index (χ4n) is 2.83. The number of nitrogens with one attached hydrogen (secondary N) is 2. The number of aromatic nitrogens is 3. The second-order valence-corrected chi connectivity index (χ2v) is 6.11. The molecule has 0 bridgehead atoms. The quantitative estimate of drug-likeness (QED) is 0.567. The van der Waals surface area contributed by atoms with E-state index in [1.54, 1.807) is 13.1 Å². The summed E-state index contributed by atoms with van der Waals surface area (Å²) in [4.78, 5) is 30.8. The number of aliphatic carboxylic acids is 1. The molecule has 8 heteroatoms. The topological polar surface area (TPSA) is 121 Å². The minimum Gasteiger partial charge on any atom is -0.480 e. The highest BCUT2D eigenvalue weighted by Crippen LogP contribution is 2.19. The zero-order valence-electron chi connectivity index (χ0n) is 14.4. The number of carbonyl (C=O) groups is 2. The highest BCUT2D eigenvalue weighted by Gasteiger charge is 2.21. The normalized spacial score (nSPS) is 12.2. The Morgan fingerprint density at radius 2 is 2.15 bits per heavy atom. The van der Waals surface area contributed by atoms with E-state index in [0.29, 0.717) is 24.6 Å². The van der Waals surface area contributed by atoms with Gasteiger partial charge in [0.25, 0.3) is 0 Å². The molecule has 3 rings (SSSR count). The molecule has 0 aliphatic carbocycles. The molecular weight excluding hydrogens is 336 g/mol. The van der Waals surface area contributed by atoms with Crippen molar-refractivity contribution in [2.45, 2.75) is 38.6 Å². The molecule has 8 nitrogen and oxygen atoms in total. The summed E-state index contributed by atoms with van der Waals surface area (Å²) in [6, 6.07) is 6.67. The summed E-state index contributed by atoms with van der Waals surface area (Å²) in [6.07, 6.45) is 3.18. The van der Waals surface area contributed by atoms with Crippen LogP contribution in [-0.2, 0) is 22.4 Å². The number of rotatable bonds is 8. The molecule has 0 saturated heterocycles. The van der Waals surface area contributed by atoms with E-state index in [9.17, 15) is 14.7 Å². The molecule has 1 unspecified atom stereocenters. The van der Waals surface area contributed by atoms with E-state index in [1.165, 1.54) is 0 Å². The first kappa shape index (κ1) is 17.7. The number of aromatic amines is 1. The minimum atomic E-state index is -1.06. The van der Waals surface area contributed by atoms with Crippen LogP contribution in [0.3, 0.4) is 0 Å². The molecular formula is C18H20N4O4. The van der Waals surface area contributed by atoms with Gasteiger partial charge < -0.3 is 19.9 Å². The van der Waals surface area contributed by atoms with Gasteiger partial charge in [0.2, 0.25) is 11.8 Å². The average Bonchev–Trinajstić information content (AvgIpc) is 3.21. The van der Waals surface area contributed by atoms with E-state index >= 15 is 0 Å². The smallest absolute Gasteiger partial charge is 0.326 e. The Balaban J connectivity index is 1.56. The van der Waals surface area contributed by atoms with Crippen LogP contribution in [0.2, 0.25) is 0 Å². The number of carbonyl (C=O) groups excluding carboxylic acids is 1. The zero-order valence-corrected chi connectivity index (χ0v) is 14.4. The van der Waals surface area contributed by atoms with Gasteiger partial charge in [0, 0.05) is 36.4 Å². The average molecular weight is 356 g/mol. The summed E-state index contributed by atoms with van der Waals surface area (Å²) >= 11 is 0. The van der Waals surface area contributed by atoms with Crippen molar-refractivity contribution in [3.63, 3.8) is 0 Å². The number of hydrogen-bond acceptors (Lipinski definition) is 5. The van der Waals surface area contributed by atoms with Gasteiger partial charge in [-0.25, -0.2) is 4.79 Å². The van der Waals surface area contributed by atoms with Crippen LogP contribution in [0, 0.1) is 6.92 Å². The Kier molecular flexibility index (Phi) is 5.31. The third-order valence-corrected chi connectivity index (χ3v) is 4.10. The zero-order chi connectivity index (χ0) is 18.5. The number of nitrogens with zero attached hydrogens (tertiary/aromatic N) is 2. The molecule has 26 heavy (non-hydrogen) atoms. The first-order valence-electron chi connectivity index (χ1n) is 8.39. The molecule has 136 valence electrons. The van der Waals surface area contributed by atoms with E-state index in [4.69, 9.17) is 4.52 Å². The number of hydrogen-bond donors (Lipinski definition) is 3. The molecule has 0 aliphatic rings. The van der Waals surface area contributed by atoms with Crippen molar-refractivity contribution in [1.82, 2.24) is 20.4 Å². The number of amides is 1. The third-order valence-electron chi connectivity index (χ3n) is 4.10. The van der Waals surface area contributed by atoms with Crippen molar-refractivity contribution in [2.75, 3.05) is 0 Å². The summed E-state index contributed by atoms with van der Waals surface area (Å²) in [6.45, 7) is 1.72. The monoisotopic (exact) mass is 356 g/mol. The van der Waals surface area contributed by atoms with Crippen LogP contribution in [0.1, 0.15) is 30.1 Å². The molecule has 0 fully saturated rings. The molecule has 0 spiro atoms. The number of carboxylic acids is 1. The Bertz CT molecular complexity index is 915. The summed E-state index contributed by atoms with van der Waals surface area (Å²) in [7, 11) is 0. The number of fused-ring (bicyclic) bond motifs is 1. The molecule has 3 aromatic rings. The van der Waals surface area contributed by atoms with E-state index < -0.39 is 12.0 Å². The lowest BCUT2D eigenvalue weighted by Crippen LogP contribution is -2.42. The van der Waals surface area contributed by atoms with Crippen molar-refractivity contribution in [1.29, 1.82) is 0 Å². The van der Waals surface area contributed by atoms with Gasteiger partial charge >= 0.3 is 5.97 Å². The van der Waals surface area contributed by atoms with Gasteiger partial charge in [0.05, 0.1) is 0 Å². The molecule has 3 N–H and O–H groups in total. The molecule has 0 aliphatic heterocycles. The Labute approximate surface area is 149 Å². The predicted molar refractivity (Wildman–Crippen MR) is 93.5 cm³/mol. The molecule has 2 heterocycles. The highest BCUT2D eigenvalue weighted by molar-refractivity contribution is 5.86. The number of H-pyrrole nitrogens is 1. The second-order valence-electron chi connectivity index (χ2n) is 6.11. The van der Waals surface area contributed by atoms with Gasteiger partial charge in [0.15, 0.2) is 5.82 Å². The number of benzene rings is 1. The van der Waals surface area contributed by atoms with Crippen LogP contribution in [0.5, 0.6) is 0 Å². The lowest BCUT2D eigenvalue weighted by Gasteiger charge is -2.14. The van der Waals surface area contributed by atoms with Gasteiger partial charge in [0.1, 0.15) is 6.04 Å².